The summed E-state index contributed by atoms with van der Waals surface area (Å²) < 4.78 is 5.14. The molecule has 1 unspecified atom stereocenters. The number of amides is 1. The molecule has 1 atom stereocenters. The van der Waals surface area contributed by atoms with Crippen molar-refractivity contribution in [2.75, 3.05) is 13.2 Å². The highest BCUT2D eigenvalue weighted by Crippen LogP contribution is 2.26. The normalized spacial score (nSPS) is 18.0. The van der Waals surface area contributed by atoms with E-state index in [1.54, 1.807) is 21.6 Å². The number of thiophene rings is 1. The molecule has 0 N–H and O–H groups in total. The van der Waals surface area contributed by atoms with E-state index in [2.05, 4.69) is 4.98 Å². The maximum Gasteiger partial charge on any atom is 0.358 e. The van der Waals surface area contributed by atoms with Crippen LogP contribution < -0.4 is 0 Å². The molecule has 1 aliphatic heterocycles. The van der Waals surface area contributed by atoms with Gasteiger partial charge in [-0.1, -0.05) is 0 Å². The molecule has 1 fully saturated rings. The van der Waals surface area contributed by atoms with E-state index in [0.29, 0.717) is 0 Å². The van der Waals surface area contributed by atoms with Crippen LogP contribution in [0.15, 0.2) is 22.2 Å². The van der Waals surface area contributed by atoms with Crippen LogP contribution in [0.5, 0.6) is 0 Å². The van der Waals surface area contributed by atoms with E-state index in [1.807, 2.05) is 23.8 Å². The SMILES string of the molecule is CC1CCCCN1C(=O)COC(=O)c1csc(-c2ccsc2)n1. The molecule has 0 aliphatic carbocycles. The highest BCUT2D eigenvalue weighted by molar-refractivity contribution is 7.14. The van der Waals surface area contributed by atoms with Gasteiger partial charge in [0.05, 0.1) is 0 Å². The molecule has 0 saturated carbocycles. The van der Waals surface area contributed by atoms with Crippen molar-refractivity contribution >= 4 is 34.6 Å². The number of rotatable bonds is 4. The van der Waals surface area contributed by atoms with Gasteiger partial charge in [-0.05, 0) is 37.6 Å². The summed E-state index contributed by atoms with van der Waals surface area (Å²) in [6, 6.07) is 2.18. The Morgan fingerprint density at radius 3 is 3.00 bits per heavy atom. The van der Waals surface area contributed by atoms with Crippen molar-refractivity contribution in [3.63, 3.8) is 0 Å². The minimum atomic E-state index is -0.541. The predicted octanol–water partition coefficient (Wildman–Crippen LogP) is 3.43. The molecule has 5 nitrogen and oxygen atoms in total. The maximum atomic E-state index is 12.2. The molecule has 0 radical (unpaired) electrons. The van der Waals surface area contributed by atoms with Crippen LogP contribution in [0.4, 0.5) is 0 Å². The minimum Gasteiger partial charge on any atom is -0.451 e. The van der Waals surface area contributed by atoms with E-state index >= 15 is 0 Å². The minimum absolute atomic E-state index is 0.126. The summed E-state index contributed by atoms with van der Waals surface area (Å²) in [6.07, 6.45) is 3.17. The third-order valence-electron chi connectivity index (χ3n) is 3.93. The van der Waals surface area contributed by atoms with E-state index in [4.69, 9.17) is 4.74 Å². The molecule has 122 valence electrons. The summed E-state index contributed by atoms with van der Waals surface area (Å²) in [5.41, 5.74) is 1.26. The van der Waals surface area contributed by atoms with Crippen LogP contribution >= 0.6 is 22.7 Å². The van der Waals surface area contributed by atoms with Crippen LogP contribution in [-0.4, -0.2) is 41.0 Å². The van der Waals surface area contributed by atoms with Gasteiger partial charge in [0.15, 0.2) is 12.3 Å². The second-order valence-electron chi connectivity index (χ2n) is 5.56. The zero-order valence-electron chi connectivity index (χ0n) is 12.9. The number of esters is 1. The Hall–Kier alpha value is -1.73. The fourth-order valence-corrected chi connectivity index (χ4v) is 4.14. The van der Waals surface area contributed by atoms with Crippen molar-refractivity contribution in [1.82, 2.24) is 9.88 Å². The van der Waals surface area contributed by atoms with Crippen LogP contribution in [0.3, 0.4) is 0 Å². The van der Waals surface area contributed by atoms with E-state index in [9.17, 15) is 9.59 Å². The first kappa shape index (κ1) is 16.1. The van der Waals surface area contributed by atoms with Gasteiger partial charge in [0.25, 0.3) is 5.91 Å². The number of hydrogen-bond donors (Lipinski definition) is 0. The number of aromatic nitrogens is 1. The van der Waals surface area contributed by atoms with Crippen molar-refractivity contribution in [2.45, 2.75) is 32.2 Å². The molecule has 1 amide bonds. The molecule has 3 heterocycles. The third-order valence-corrected chi connectivity index (χ3v) is 5.51. The molecular weight excluding hydrogens is 332 g/mol. The molecule has 0 bridgehead atoms. The number of hydrogen-bond acceptors (Lipinski definition) is 6. The smallest absolute Gasteiger partial charge is 0.358 e. The Morgan fingerprint density at radius 1 is 1.39 bits per heavy atom. The Kier molecular flexibility index (Phi) is 5.07. The number of likely N-dealkylation sites (tertiary alicyclic amines) is 1. The third kappa shape index (κ3) is 3.79. The summed E-state index contributed by atoms with van der Waals surface area (Å²) in [5.74, 6) is -0.667. The Bertz CT molecular complexity index is 681. The highest BCUT2D eigenvalue weighted by Gasteiger charge is 2.24. The lowest BCUT2D eigenvalue weighted by Crippen LogP contribution is -2.44. The zero-order valence-corrected chi connectivity index (χ0v) is 14.5. The maximum absolute atomic E-state index is 12.2. The second-order valence-corrected chi connectivity index (χ2v) is 7.20. The Morgan fingerprint density at radius 2 is 2.26 bits per heavy atom. The second kappa shape index (κ2) is 7.23. The molecule has 1 saturated heterocycles. The first-order valence-electron chi connectivity index (χ1n) is 7.60. The lowest BCUT2D eigenvalue weighted by molar-refractivity contribution is -0.137. The molecular formula is C16H18N2O3S2. The Labute approximate surface area is 142 Å². The molecule has 2 aromatic heterocycles. The molecule has 1 aliphatic rings. The fourth-order valence-electron chi connectivity index (χ4n) is 2.64. The van der Waals surface area contributed by atoms with E-state index in [1.165, 1.54) is 11.3 Å². The van der Waals surface area contributed by atoms with Crippen LogP contribution in [0.1, 0.15) is 36.7 Å². The van der Waals surface area contributed by atoms with Crippen LogP contribution in [-0.2, 0) is 9.53 Å². The molecule has 2 aromatic rings. The predicted molar refractivity (Wildman–Crippen MR) is 90.7 cm³/mol. The number of piperidine rings is 1. The van der Waals surface area contributed by atoms with E-state index in [0.717, 1.165) is 36.4 Å². The topological polar surface area (TPSA) is 59.5 Å². The lowest BCUT2D eigenvalue weighted by atomic mass is 10.0. The zero-order chi connectivity index (χ0) is 16.2. The average Bonchev–Trinajstić information content (AvgIpc) is 3.23. The largest absolute Gasteiger partial charge is 0.451 e. The standard InChI is InChI=1S/C16H18N2O3S2/c1-11-4-2-3-6-18(11)14(19)8-21-16(20)13-10-23-15(17-13)12-5-7-22-9-12/h5,7,9-11H,2-4,6,8H2,1H3. The summed E-state index contributed by atoms with van der Waals surface area (Å²) in [5, 5.41) is 6.40. The summed E-state index contributed by atoms with van der Waals surface area (Å²) in [7, 11) is 0. The molecule has 7 heteroatoms. The fraction of sp³-hybridized carbons (Fsp3) is 0.438. The number of thiazole rings is 1. The highest BCUT2D eigenvalue weighted by atomic mass is 32.1. The molecule has 0 aromatic carbocycles. The van der Waals surface area contributed by atoms with Crippen molar-refractivity contribution in [2.24, 2.45) is 0 Å². The van der Waals surface area contributed by atoms with Gasteiger partial charge >= 0.3 is 5.97 Å². The summed E-state index contributed by atoms with van der Waals surface area (Å²) in [4.78, 5) is 30.3. The monoisotopic (exact) mass is 350 g/mol. The summed E-state index contributed by atoms with van der Waals surface area (Å²) >= 11 is 2.98. The van der Waals surface area contributed by atoms with Crippen LogP contribution in [0.2, 0.25) is 0 Å². The Balaban J connectivity index is 1.56. The van der Waals surface area contributed by atoms with Crippen molar-refractivity contribution in [3.8, 4) is 10.6 Å². The molecule has 0 spiro atoms. The van der Waals surface area contributed by atoms with Crippen molar-refractivity contribution < 1.29 is 14.3 Å². The number of carbonyl (C=O) groups excluding carboxylic acids is 2. The van der Waals surface area contributed by atoms with Gasteiger partial charge in [0.2, 0.25) is 0 Å². The number of nitrogens with zero attached hydrogens (tertiary/aromatic N) is 2. The first-order valence-corrected chi connectivity index (χ1v) is 9.42. The van der Waals surface area contributed by atoms with E-state index < -0.39 is 5.97 Å². The van der Waals surface area contributed by atoms with Crippen LogP contribution in [0.25, 0.3) is 10.6 Å². The van der Waals surface area contributed by atoms with E-state index in [-0.39, 0.29) is 24.2 Å². The van der Waals surface area contributed by atoms with Gasteiger partial charge in [-0.2, -0.15) is 11.3 Å². The quantitative estimate of drug-likeness (QED) is 0.793. The molecule has 3 rings (SSSR count). The van der Waals surface area contributed by atoms with Gasteiger partial charge in [-0.15, -0.1) is 11.3 Å². The number of carbonyl (C=O) groups is 2. The van der Waals surface area contributed by atoms with Gasteiger partial charge in [0, 0.05) is 28.9 Å². The van der Waals surface area contributed by atoms with Crippen LogP contribution in [0, 0.1) is 0 Å². The van der Waals surface area contributed by atoms with Crippen molar-refractivity contribution in [3.05, 3.63) is 27.9 Å². The number of ether oxygens (including phenoxy) is 1. The lowest BCUT2D eigenvalue weighted by Gasteiger charge is -2.33. The first-order chi connectivity index (χ1) is 11.1. The molecule has 23 heavy (non-hydrogen) atoms. The van der Waals surface area contributed by atoms with Gasteiger partial charge in [-0.25, -0.2) is 9.78 Å². The van der Waals surface area contributed by atoms with Gasteiger partial charge in [0.1, 0.15) is 5.01 Å². The average molecular weight is 350 g/mol. The van der Waals surface area contributed by atoms with Gasteiger partial charge < -0.3 is 9.64 Å². The summed E-state index contributed by atoms with van der Waals surface area (Å²) in [6.45, 7) is 2.57. The van der Waals surface area contributed by atoms with Crippen molar-refractivity contribution in [1.29, 1.82) is 0 Å². The van der Waals surface area contributed by atoms with Gasteiger partial charge in [-0.3, -0.25) is 4.79 Å².